The van der Waals surface area contributed by atoms with Crippen LogP contribution in [0.2, 0.25) is 10.0 Å². The minimum absolute atomic E-state index is 0.239. The molecule has 0 bridgehead atoms. The van der Waals surface area contributed by atoms with E-state index in [0.717, 1.165) is 17.7 Å². The highest BCUT2D eigenvalue weighted by Crippen LogP contribution is 2.37. The van der Waals surface area contributed by atoms with Crippen LogP contribution in [0.25, 0.3) is 0 Å². The summed E-state index contributed by atoms with van der Waals surface area (Å²) in [6.07, 6.45) is 2.07. The van der Waals surface area contributed by atoms with Gasteiger partial charge in [-0.15, -0.1) is 0 Å². The summed E-state index contributed by atoms with van der Waals surface area (Å²) in [5, 5.41) is 1.26. The first-order valence-electron chi connectivity index (χ1n) is 4.33. The van der Waals surface area contributed by atoms with Crippen molar-refractivity contribution in [2.75, 3.05) is 0 Å². The molecular weight excluding hydrogens is 239 g/mol. The predicted octanol–water partition coefficient (Wildman–Crippen LogP) is 4.02. The van der Waals surface area contributed by atoms with Gasteiger partial charge in [0, 0.05) is 10.8 Å². The Balaban J connectivity index is 2.08. The van der Waals surface area contributed by atoms with Gasteiger partial charge in [-0.3, -0.25) is 4.79 Å². The molecule has 0 atom stereocenters. The van der Waals surface area contributed by atoms with E-state index in [2.05, 4.69) is 0 Å². The fraction of sp³-hybridized carbons (Fsp3) is 0.300. The van der Waals surface area contributed by atoms with Crippen LogP contribution in [-0.2, 0) is 4.79 Å². The van der Waals surface area contributed by atoms with E-state index < -0.39 is 0 Å². The molecule has 1 aromatic carbocycles. The summed E-state index contributed by atoms with van der Waals surface area (Å²) in [5.74, 6) is 0.273. The molecule has 0 heterocycles. The van der Waals surface area contributed by atoms with Gasteiger partial charge in [0.15, 0.2) is 5.12 Å². The van der Waals surface area contributed by atoms with Gasteiger partial charge in [-0.05, 0) is 31.0 Å². The Morgan fingerprint density at radius 3 is 2.57 bits per heavy atom. The molecule has 1 aliphatic carbocycles. The molecule has 0 spiro atoms. The lowest BCUT2D eigenvalue weighted by Gasteiger charge is -2.00. The highest BCUT2D eigenvalue weighted by Gasteiger charge is 2.30. The molecule has 1 saturated carbocycles. The fourth-order valence-corrected chi connectivity index (χ4v) is 2.37. The molecule has 0 radical (unpaired) electrons. The summed E-state index contributed by atoms with van der Waals surface area (Å²) >= 11 is 12.9. The Hall–Kier alpha value is -0.180. The molecule has 0 amide bonds. The molecule has 0 aromatic heterocycles. The second-order valence-corrected chi connectivity index (χ2v) is 5.16. The maximum atomic E-state index is 11.5. The number of benzene rings is 1. The van der Waals surface area contributed by atoms with Gasteiger partial charge in [-0.25, -0.2) is 0 Å². The first-order valence-corrected chi connectivity index (χ1v) is 5.91. The lowest BCUT2D eigenvalue weighted by Crippen LogP contribution is -1.92. The number of hydrogen-bond donors (Lipinski definition) is 0. The second-order valence-electron chi connectivity index (χ2n) is 3.27. The second kappa shape index (κ2) is 4.13. The van der Waals surface area contributed by atoms with Crippen molar-refractivity contribution in [2.24, 2.45) is 5.92 Å². The number of carbonyl (C=O) groups excluding carboxylic acids is 1. The molecule has 0 saturated heterocycles. The Morgan fingerprint density at radius 1 is 1.29 bits per heavy atom. The first kappa shape index (κ1) is 10.3. The van der Waals surface area contributed by atoms with E-state index in [-0.39, 0.29) is 11.0 Å². The van der Waals surface area contributed by atoms with Crippen molar-refractivity contribution in [2.45, 2.75) is 17.7 Å². The van der Waals surface area contributed by atoms with Crippen LogP contribution in [0, 0.1) is 5.92 Å². The number of thioether (sulfide) groups is 1. The molecule has 0 unspecified atom stereocenters. The quantitative estimate of drug-likeness (QED) is 0.734. The van der Waals surface area contributed by atoms with Crippen molar-refractivity contribution < 1.29 is 4.79 Å². The third-order valence-electron chi connectivity index (χ3n) is 2.02. The van der Waals surface area contributed by atoms with E-state index in [1.54, 1.807) is 12.1 Å². The third-order valence-corrected chi connectivity index (χ3v) is 3.78. The van der Waals surface area contributed by atoms with E-state index in [9.17, 15) is 4.79 Å². The maximum Gasteiger partial charge on any atom is 0.196 e. The Morgan fingerprint density at radius 2 is 2.00 bits per heavy atom. The van der Waals surface area contributed by atoms with Crippen LogP contribution in [-0.4, -0.2) is 5.12 Å². The van der Waals surface area contributed by atoms with Crippen molar-refractivity contribution in [1.29, 1.82) is 0 Å². The van der Waals surface area contributed by atoms with Crippen molar-refractivity contribution in [1.82, 2.24) is 0 Å². The van der Waals surface area contributed by atoms with E-state index in [0.29, 0.717) is 10.0 Å². The summed E-state index contributed by atoms with van der Waals surface area (Å²) in [6.45, 7) is 0. The zero-order chi connectivity index (χ0) is 10.1. The van der Waals surface area contributed by atoms with E-state index in [4.69, 9.17) is 23.2 Å². The van der Waals surface area contributed by atoms with Crippen LogP contribution in [0.4, 0.5) is 0 Å². The monoisotopic (exact) mass is 246 g/mol. The molecule has 1 aromatic rings. The summed E-state index contributed by atoms with van der Waals surface area (Å²) < 4.78 is 0. The van der Waals surface area contributed by atoms with Crippen molar-refractivity contribution in [3.8, 4) is 0 Å². The standard InChI is InChI=1S/C10H8Cl2OS/c11-8-4-3-7(5-9(8)12)14-10(13)6-1-2-6/h3-6H,1-2H2. The van der Waals surface area contributed by atoms with Gasteiger partial charge < -0.3 is 0 Å². The van der Waals surface area contributed by atoms with Crippen LogP contribution < -0.4 is 0 Å². The van der Waals surface area contributed by atoms with Crippen molar-refractivity contribution in [3.05, 3.63) is 28.2 Å². The fourth-order valence-electron chi connectivity index (χ4n) is 1.06. The largest absolute Gasteiger partial charge is 0.287 e. The van der Waals surface area contributed by atoms with Gasteiger partial charge in [-0.1, -0.05) is 35.0 Å². The molecule has 14 heavy (non-hydrogen) atoms. The Labute approximate surface area is 96.8 Å². The maximum absolute atomic E-state index is 11.5. The first-order chi connectivity index (χ1) is 6.66. The minimum atomic E-state index is 0.239. The van der Waals surface area contributed by atoms with Crippen LogP contribution in [0.15, 0.2) is 23.1 Å². The van der Waals surface area contributed by atoms with Crippen LogP contribution in [0.1, 0.15) is 12.8 Å². The Bertz CT molecular complexity index is 374. The summed E-state index contributed by atoms with van der Waals surface area (Å²) in [7, 11) is 0. The van der Waals surface area contributed by atoms with Crippen LogP contribution in [0.5, 0.6) is 0 Å². The molecule has 1 nitrogen and oxygen atoms in total. The zero-order valence-corrected chi connectivity index (χ0v) is 9.62. The molecule has 0 N–H and O–H groups in total. The highest BCUT2D eigenvalue weighted by molar-refractivity contribution is 8.13. The molecule has 4 heteroatoms. The van der Waals surface area contributed by atoms with Crippen LogP contribution >= 0.6 is 35.0 Å². The topological polar surface area (TPSA) is 17.1 Å². The van der Waals surface area contributed by atoms with Gasteiger partial charge in [-0.2, -0.15) is 0 Å². The predicted molar refractivity (Wildman–Crippen MR) is 60.1 cm³/mol. The molecule has 1 fully saturated rings. The summed E-state index contributed by atoms with van der Waals surface area (Å²) in [4.78, 5) is 12.3. The number of carbonyl (C=O) groups is 1. The highest BCUT2D eigenvalue weighted by atomic mass is 35.5. The number of hydrogen-bond acceptors (Lipinski definition) is 2. The SMILES string of the molecule is O=C(Sc1ccc(Cl)c(Cl)c1)C1CC1. The van der Waals surface area contributed by atoms with E-state index in [1.165, 1.54) is 11.8 Å². The van der Waals surface area contributed by atoms with Gasteiger partial charge in [0.1, 0.15) is 0 Å². The summed E-state index contributed by atoms with van der Waals surface area (Å²) in [6, 6.07) is 5.26. The van der Waals surface area contributed by atoms with Crippen LogP contribution in [0.3, 0.4) is 0 Å². The Kier molecular flexibility index (Phi) is 3.05. The lowest BCUT2D eigenvalue weighted by atomic mass is 10.4. The molecule has 0 aliphatic heterocycles. The number of rotatable bonds is 2. The smallest absolute Gasteiger partial charge is 0.196 e. The molecule has 1 aliphatic rings. The minimum Gasteiger partial charge on any atom is -0.287 e. The van der Waals surface area contributed by atoms with Gasteiger partial charge in [0.25, 0.3) is 0 Å². The third kappa shape index (κ3) is 2.44. The number of halogens is 2. The molecule has 74 valence electrons. The van der Waals surface area contributed by atoms with Crippen molar-refractivity contribution >= 4 is 40.1 Å². The summed E-state index contributed by atoms with van der Waals surface area (Å²) in [5.41, 5.74) is 0. The van der Waals surface area contributed by atoms with Crippen molar-refractivity contribution in [3.63, 3.8) is 0 Å². The average molecular weight is 247 g/mol. The van der Waals surface area contributed by atoms with E-state index in [1.807, 2.05) is 6.07 Å². The van der Waals surface area contributed by atoms with E-state index >= 15 is 0 Å². The van der Waals surface area contributed by atoms with Gasteiger partial charge >= 0.3 is 0 Å². The molecule has 2 rings (SSSR count). The van der Waals surface area contributed by atoms with Gasteiger partial charge in [0.05, 0.1) is 10.0 Å². The average Bonchev–Trinajstić information content (AvgIpc) is 2.94. The zero-order valence-electron chi connectivity index (χ0n) is 7.30. The van der Waals surface area contributed by atoms with Gasteiger partial charge in [0.2, 0.25) is 0 Å². The lowest BCUT2D eigenvalue weighted by molar-refractivity contribution is -0.112. The molecular formula is C10H8Cl2OS. The normalized spacial score (nSPS) is 15.6.